The standard InChI is InChI=1S/C19H18N4O4S2/c1-27-15-7-2-3-8-17(15)29(25,26)23-11-9-13-16(12-23)28-19(21-13)22-18(24)14-6-4-5-10-20-14/h2-8,10H,9,11-12H2,1H3,(H,21,22,24). The summed E-state index contributed by atoms with van der Waals surface area (Å²) in [6, 6.07) is 11.6. The lowest BCUT2D eigenvalue weighted by Crippen LogP contribution is -2.35. The van der Waals surface area contributed by atoms with Gasteiger partial charge in [-0.15, -0.1) is 11.3 Å². The molecule has 1 amide bonds. The Labute approximate surface area is 172 Å². The first kappa shape index (κ1) is 19.5. The molecule has 2 aromatic heterocycles. The molecule has 1 aliphatic heterocycles. The van der Waals surface area contributed by atoms with Gasteiger partial charge >= 0.3 is 0 Å². The third-order valence-corrected chi connectivity index (χ3v) is 7.38. The summed E-state index contributed by atoms with van der Waals surface area (Å²) in [6.07, 6.45) is 2.02. The highest BCUT2D eigenvalue weighted by atomic mass is 32.2. The van der Waals surface area contributed by atoms with Crippen molar-refractivity contribution in [3.63, 3.8) is 0 Å². The molecule has 1 aromatic carbocycles. The maximum absolute atomic E-state index is 13.1. The Kier molecular flexibility index (Phi) is 5.31. The number of anilines is 1. The fourth-order valence-corrected chi connectivity index (χ4v) is 5.73. The molecule has 1 N–H and O–H groups in total. The van der Waals surface area contributed by atoms with E-state index in [0.717, 1.165) is 10.6 Å². The van der Waals surface area contributed by atoms with Crippen LogP contribution in [-0.4, -0.2) is 42.3 Å². The molecule has 0 saturated carbocycles. The second-order valence-electron chi connectivity index (χ2n) is 6.30. The molecule has 150 valence electrons. The van der Waals surface area contributed by atoms with Crippen molar-refractivity contribution in [1.82, 2.24) is 14.3 Å². The summed E-state index contributed by atoms with van der Waals surface area (Å²) in [6.45, 7) is 0.511. The van der Waals surface area contributed by atoms with Gasteiger partial charge in [0.1, 0.15) is 16.3 Å². The molecule has 8 nitrogen and oxygen atoms in total. The molecular formula is C19H18N4O4S2. The molecule has 3 aromatic rings. The summed E-state index contributed by atoms with van der Waals surface area (Å²) < 4.78 is 32.8. The predicted octanol–water partition coefficient (Wildman–Crippen LogP) is 2.55. The van der Waals surface area contributed by atoms with Gasteiger partial charge in [0, 0.05) is 24.0 Å². The largest absolute Gasteiger partial charge is 0.495 e. The number of carbonyl (C=O) groups excluding carboxylic acids is 1. The lowest BCUT2D eigenvalue weighted by Gasteiger charge is -2.26. The number of nitrogens with zero attached hydrogens (tertiary/aromatic N) is 3. The fraction of sp³-hybridized carbons (Fsp3) is 0.211. The Bertz CT molecular complexity index is 1150. The van der Waals surface area contributed by atoms with Crippen LogP contribution in [0.4, 0.5) is 5.13 Å². The molecule has 4 rings (SSSR count). The van der Waals surface area contributed by atoms with Crippen molar-refractivity contribution in [3.05, 3.63) is 64.9 Å². The van der Waals surface area contributed by atoms with Gasteiger partial charge in [0.15, 0.2) is 5.13 Å². The number of hydrogen-bond acceptors (Lipinski definition) is 7. The van der Waals surface area contributed by atoms with Gasteiger partial charge in [-0.3, -0.25) is 15.1 Å². The van der Waals surface area contributed by atoms with Gasteiger partial charge < -0.3 is 4.74 Å². The average Bonchev–Trinajstić information content (AvgIpc) is 3.15. The number of aromatic nitrogens is 2. The van der Waals surface area contributed by atoms with E-state index in [1.54, 1.807) is 42.6 Å². The van der Waals surface area contributed by atoms with Crippen molar-refractivity contribution < 1.29 is 17.9 Å². The number of ether oxygens (including phenoxy) is 1. The van der Waals surface area contributed by atoms with Crippen LogP contribution >= 0.6 is 11.3 Å². The minimum absolute atomic E-state index is 0.138. The number of thiazole rings is 1. The van der Waals surface area contributed by atoms with Gasteiger partial charge in [-0.2, -0.15) is 4.31 Å². The Hall–Kier alpha value is -2.82. The number of nitrogens with one attached hydrogen (secondary N) is 1. The smallest absolute Gasteiger partial charge is 0.276 e. The second kappa shape index (κ2) is 7.90. The van der Waals surface area contributed by atoms with E-state index >= 15 is 0 Å². The molecule has 0 fully saturated rings. The summed E-state index contributed by atoms with van der Waals surface area (Å²) >= 11 is 1.28. The number of hydrogen-bond donors (Lipinski definition) is 1. The molecule has 0 spiro atoms. The maximum atomic E-state index is 13.1. The fourth-order valence-electron chi connectivity index (χ4n) is 3.06. The van der Waals surface area contributed by atoms with Gasteiger partial charge in [0.2, 0.25) is 10.0 Å². The van der Waals surface area contributed by atoms with Crippen LogP contribution < -0.4 is 10.1 Å². The Morgan fingerprint density at radius 3 is 2.76 bits per heavy atom. The lowest BCUT2D eigenvalue weighted by molar-refractivity contribution is 0.102. The first-order valence-electron chi connectivity index (χ1n) is 8.83. The third kappa shape index (κ3) is 3.86. The Morgan fingerprint density at radius 1 is 1.21 bits per heavy atom. The average molecular weight is 431 g/mol. The lowest BCUT2D eigenvalue weighted by atomic mass is 10.2. The van der Waals surface area contributed by atoms with Crippen LogP contribution in [0.15, 0.2) is 53.6 Å². The molecule has 0 unspecified atom stereocenters. The first-order valence-corrected chi connectivity index (χ1v) is 11.1. The van der Waals surface area contributed by atoms with E-state index in [1.165, 1.54) is 28.8 Å². The van der Waals surface area contributed by atoms with Crippen molar-refractivity contribution >= 4 is 32.4 Å². The van der Waals surface area contributed by atoms with Crippen LogP contribution in [0.3, 0.4) is 0 Å². The zero-order chi connectivity index (χ0) is 20.4. The number of carbonyl (C=O) groups is 1. The highest BCUT2D eigenvalue weighted by Crippen LogP contribution is 2.33. The second-order valence-corrected chi connectivity index (χ2v) is 9.29. The maximum Gasteiger partial charge on any atom is 0.276 e. The topological polar surface area (TPSA) is 101 Å². The molecule has 29 heavy (non-hydrogen) atoms. The van der Waals surface area contributed by atoms with E-state index in [9.17, 15) is 13.2 Å². The molecule has 10 heteroatoms. The highest BCUT2D eigenvalue weighted by Gasteiger charge is 2.32. The van der Waals surface area contributed by atoms with Gasteiger partial charge in [0.25, 0.3) is 5.91 Å². The molecule has 3 heterocycles. The quantitative estimate of drug-likeness (QED) is 0.668. The number of methoxy groups -OCH3 is 1. The van der Waals surface area contributed by atoms with Crippen LogP contribution in [0, 0.1) is 0 Å². The number of fused-ring (bicyclic) bond motifs is 1. The minimum atomic E-state index is -3.71. The molecule has 0 aliphatic carbocycles. The number of rotatable bonds is 5. The number of amides is 1. The minimum Gasteiger partial charge on any atom is -0.495 e. The number of sulfonamides is 1. The summed E-state index contributed by atoms with van der Waals surface area (Å²) in [7, 11) is -2.27. The Balaban J connectivity index is 1.54. The molecule has 0 radical (unpaired) electrons. The number of benzene rings is 1. The van der Waals surface area contributed by atoms with E-state index in [4.69, 9.17) is 4.74 Å². The third-order valence-electron chi connectivity index (χ3n) is 4.50. The zero-order valence-corrected chi connectivity index (χ0v) is 17.2. The van der Waals surface area contributed by atoms with Crippen molar-refractivity contribution in [2.75, 3.05) is 19.0 Å². The van der Waals surface area contributed by atoms with E-state index in [1.807, 2.05) is 0 Å². The van der Waals surface area contributed by atoms with Crippen molar-refractivity contribution in [2.24, 2.45) is 0 Å². The molecule has 0 bridgehead atoms. The van der Waals surface area contributed by atoms with E-state index in [-0.39, 0.29) is 17.3 Å². The summed E-state index contributed by atoms with van der Waals surface area (Å²) in [4.78, 5) is 21.7. The monoisotopic (exact) mass is 430 g/mol. The number of para-hydroxylation sites is 1. The number of pyridine rings is 1. The zero-order valence-electron chi connectivity index (χ0n) is 15.5. The highest BCUT2D eigenvalue weighted by molar-refractivity contribution is 7.89. The summed E-state index contributed by atoms with van der Waals surface area (Å²) in [5.74, 6) is -0.0406. The van der Waals surface area contributed by atoms with E-state index in [2.05, 4.69) is 15.3 Å². The van der Waals surface area contributed by atoms with Crippen molar-refractivity contribution in [2.45, 2.75) is 17.9 Å². The summed E-state index contributed by atoms with van der Waals surface area (Å²) in [5.41, 5.74) is 1.10. The van der Waals surface area contributed by atoms with Crippen LogP contribution in [0.2, 0.25) is 0 Å². The van der Waals surface area contributed by atoms with Crippen LogP contribution in [0.5, 0.6) is 5.75 Å². The van der Waals surface area contributed by atoms with Gasteiger partial charge in [-0.1, -0.05) is 18.2 Å². The van der Waals surface area contributed by atoms with Gasteiger partial charge in [0.05, 0.1) is 19.3 Å². The molecular weight excluding hydrogens is 412 g/mol. The first-order chi connectivity index (χ1) is 14.0. The molecule has 1 aliphatic rings. The SMILES string of the molecule is COc1ccccc1S(=O)(=O)N1CCc2nc(NC(=O)c3ccccn3)sc2C1. The van der Waals surface area contributed by atoms with E-state index < -0.39 is 10.0 Å². The van der Waals surface area contributed by atoms with Gasteiger partial charge in [-0.05, 0) is 24.3 Å². The molecule has 0 saturated heterocycles. The van der Waals surface area contributed by atoms with Crippen molar-refractivity contribution in [1.29, 1.82) is 0 Å². The summed E-state index contributed by atoms with van der Waals surface area (Å²) in [5, 5.41) is 3.17. The van der Waals surface area contributed by atoms with Crippen LogP contribution in [-0.2, 0) is 23.0 Å². The molecule has 0 atom stereocenters. The normalized spacial score (nSPS) is 14.2. The predicted molar refractivity (Wildman–Crippen MR) is 109 cm³/mol. The van der Waals surface area contributed by atoms with Crippen LogP contribution in [0.1, 0.15) is 21.1 Å². The van der Waals surface area contributed by atoms with Crippen molar-refractivity contribution in [3.8, 4) is 5.75 Å². The van der Waals surface area contributed by atoms with E-state index in [0.29, 0.717) is 29.5 Å². The van der Waals surface area contributed by atoms with Crippen LogP contribution in [0.25, 0.3) is 0 Å². The Morgan fingerprint density at radius 2 is 2.00 bits per heavy atom. The van der Waals surface area contributed by atoms with Gasteiger partial charge in [-0.25, -0.2) is 13.4 Å².